The lowest BCUT2D eigenvalue weighted by Crippen LogP contribution is -2.13. The number of halogens is 4. The van der Waals surface area contributed by atoms with Crippen LogP contribution in [0.4, 0.5) is 18.9 Å². The summed E-state index contributed by atoms with van der Waals surface area (Å²) in [5, 5.41) is 17.8. The second-order valence-corrected chi connectivity index (χ2v) is 3.37. The van der Waals surface area contributed by atoms with Gasteiger partial charge in [0, 0.05) is 0 Å². The summed E-state index contributed by atoms with van der Waals surface area (Å²) in [7, 11) is 0. The third-order valence-electron chi connectivity index (χ3n) is 1.98. The number of nitro groups is 1. The molecule has 0 spiro atoms. The number of nitro benzene ring substituents is 1. The molecule has 1 aromatic carbocycles. The van der Waals surface area contributed by atoms with E-state index in [9.17, 15) is 28.1 Å². The highest BCUT2D eigenvalue weighted by molar-refractivity contribution is 6.68. The number of carbonyl (C=O) groups is 1. The van der Waals surface area contributed by atoms with Crippen LogP contribution >= 0.6 is 11.6 Å². The van der Waals surface area contributed by atoms with Crippen molar-refractivity contribution in [3.63, 3.8) is 0 Å². The van der Waals surface area contributed by atoms with E-state index in [-0.39, 0.29) is 0 Å². The number of hydrogen-bond donors (Lipinski definition) is 0. The Balaban J connectivity index is 3.81. The Morgan fingerprint density at radius 2 is 2.00 bits per heavy atom. The molecule has 0 atom stereocenters. The summed E-state index contributed by atoms with van der Waals surface area (Å²) in [5.74, 6) is 0. The fourth-order valence-electron chi connectivity index (χ4n) is 1.30. The van der Waals surface area contributed by atoms with E-state index < -0.39 is 38.7 Å². The van der Waals surface area contributed by atoms with Gasteiger partial charge in [0.15, 0.2) is 0 Å². The standard InChI is InChI=1S/C9H2ClF3N2O3/c10-8(16)6-4(3-14)1-2-5(9(11,12)13)7(6)15(17)18/h1-2H. The van der Waals surface area contributed by atoms with E-state index in [2.05, 4.69) is 0 Å². The third-order valence-corrected chi connectivity index (χ3v) is 2.17. The Morgan fingerprint density at radius 3 is 2.33 bits per heavy atom. The topological polar surface area (TPSA) is 84.0 Å². The summed E-state index contributed by atoms with van der Waals surface area (Å²) >= 11 is 5.00. The second-order valence-electron chi connectivity index (χ2n) is 3.02. The minimum absolute atomic E-state index is 0.361. The molecule has 9 heteroatoms. The van der Waals surface area contributed by atoms with Crippen molar-refractivity contribution in [3.05, 3.63) is 38.9 Å². The van der Waals surface area contributed by atoms with Crippen molar-refractivity contribution in [2.24, 2.45) is 0 Å². The molecular weight excluding hydrogens is 277 g/mol. The number of carbonyl (C=O) groups excluding carboxylic acids is 1. The zero-order valence-corrected chi connectivity index (χ0v) is 9.04. The van der Waals surface area contributed by atoms with Gasteiger partial charge < -0.3 is 0 Å². The molecule has 0 fully saturated rings. The Labute approximate surface area is 103 Å². The zero-order valence-electron chi connectivity index (χ0n) is 8.29. The van der Waals surface area contributed by atoms with Gasteiger partial charge in [-0.3, -0.25) is 14.9 Å². The predicted molar refractivity (Wildman–Crippen MR) is 53.0 cm³/mol. The van der Waals surface area contributed by atoms with Crippen LogP contribution in [0.15, 0.2) is 12.1 Å². The highest BCUT2D eigenvalue weighted by Crippen LogP contribution is 2.39. The summed E-state index contributed by atoms with van der Waals surface area (Å²) < 4.78 is 37.6. The normalized spacial score (nSPS) is 10.8. The fraction of sp³-hybridized carbons (Fsp3) is 0.111. The molecule has 1 rings (SSSR count). The van der Waals surface area contributed by atoms with Gasteiger partial charge in [-0.2, -0.15) is 18.4 Å². The van der Waals surface area contributed by atoms with E-state index in [0.29, 0.717) is 12.1 Å². The molecule has 5 nitrogen and oxygen atoms in total. The van der Waals surface area contributed by atoms with E-state index >= 15 is 0 Å². The molecule has 0 aliphatic heterocycles. The highest BCUT2D eigenvalue weighted by atomic mass is 35.5. The molecule has 0 amide bonds. The average molecular weight is 279 g/mol. The van der Waals surface area contributed by atoms with Crippen LogP contribution < -0.4 is 0 Å². The van der Waals surface area contributed by atoms with E-state index in [1.54, 1.807) is 0 Å². The maximum atomic E-state index is 12.5. The Bertz CT molecular complexity index is 578. The molecule has 0 aromatic heterocycles. The average Bonchev–Trinajstić information content (AvgIpc) is 2.25. The first-order valence-electron chi connectivity index (χ1n) is 4.18. The van der Waals surface area contributed by atoms with Crippen LogP contribution in [-0.4, -0.2) is 10.2 Å². The van der Waals surface area contributed by atoms with Gasteiger partial charge in [0.2, 0.25) is 0 Å². The monoisotopic (exact) mass is 278 g/mol. The summed E-state index contributed by atoms with van der Waals surface area (Å²) in [6.45, 7) is 0. The quantitative estimate of drug-likeness (QED) is 0.473. The van der Waals surface area contributed by atoms with Crippen LogP contribution in [0.1, 0.15) is 21.5 Å². The summed E-state index contributed by atoms with van der Waals surface area (Å²) in [6, 6.07) is 2.39. The Morgan fingerprint density at radius 1 is 1.44 bits per heavy atom. The van der Waals surface area contributed by atoms with Crippen LogP contribution in [0.25, 0.3) is 0 Å². The number of benzene rings is 1. The lowest BCUT2D eigenvalue weighted by atomic mass is 10.0. The largest absolute Gasteiger partial charge is 0.423 e. The van der Waals surface area contributed by atoms with Crippen molar-refractivity contribution < 1.29 is 22.9 Å². The van der Waals surface area contributed by atoms with Gasteiger partial charge in [-0.05, 0) is 23.7 Å². The van der Waals surface area contributed by atoms with Crippen molar-refractivity contribution in [2.75, 3.05) is 0 Å². The first-order valence-corrected chi connectivity index (χ1v) is 4.56. The second kappa shape index (κ2) is 4.62. The van der Waals surface area contributed by atoms with Gasteiger partial charge in [-0.25, -0.2) is 0 Å². The van der Waals surface area contributed by atoms with Crippen molar-refractivity contribution in [2.45, 2.75) is 6.18 Å². The molecule has 94 valence electrons. The molecule has 0 radical (unpaired) electrons. The molecule has 18 heavy (non-hydrogen) atoms. The highest BCUT2D eigenvalue weighted by Gasteiger charge is 2.41. The third kappa shape index (κ3) is 2.41. The van der Waals surface area contributed by atoms with Crippen LogP contribution in [0.2, 0.25) is 0 Å². The minimum Gasteiger partial charge on any atom is -0.275 e. The molecule has 0 saturated heterocycles. The number of rotatable bonds is 2. The molecular formula is C9H2ClF3N2O3. The van der Waals surface area contributed by atoms with Crippen LogP contribution in [0.5, 0.6) is 0 Å². The van der Waals surface area contributed by atoms with Crippen molar-refractivity contribution in [3.8, 4) is 6.07 Å². The van der Waals surface area contributed by atoms with Gasteiger partial charge in [0.1, 0.15) is 17.2 Å². The molecule has 0 aliphatic rings. The van der Waals surface area contributed by atoms with E-state index in [0.717, 1.165) is 0 Å². The van der Waals surface area contributed by atoms with Crippen molar-refractivity contribution >= 4 is 22.5 Å². The van der Waals surface area contributed by atoms with Gasteiger partial charge in [-0.1, -0.05) is 0 Å². The molecule has 1 aromatic rings. The van der Waals surface area contributed by atoms with Crippen LogP contribution in [0.3, 0.4) is 0 Å². The number of alkyl halides is 3. The molecule has 0 aliphatic carbocycles. The summed E-state index contributed by atoms with van der Waals surface area (Å²) in [6.07, 6.45) is -5.03. The zero-order chi connectivity index (χ0) is 14.1. The van der Waals surface area contributed by atoms with Crippen LogP contribution in [0, 0.1) is 21.4 Å². The van der Waals surface area contributed by atoms with Gasteiger partial charge in [0.25, 0.3) is 10.9 Å². The predicted octanol–water partition coefficient (Wildman–Crippen LogP) is 2.86. The summed E-state index contributed by atoms with van der Waals surface area (Å²) in [4.78, 5) is 20.2. The Kier molecular flexibility index (Phi) is 3.57. The lowest BCUT2D eigenvalue weighted by molar-refractivity contribution is -0.388. The van der Waals surface area contributed by atoms with Gasteiger partial charge in [0.05, 0.1) is 10.5 Å². The molecule has 0 saturated carbocycles. The van der Waals surface area contributed by atoms with Crippen LogP contribution in [-0.2, 0) is 6.18 Å². The van der Waals surface area contributed by atoms with E-state index in [1.165, 1.54) is 6.07 Å². The lowest BCUT2D eigenvalue weighted by Gasteiger charge is -2.09. The first kappa shape index (κ1) is 13.9. The number of hydrogen-bond acceptors (Lipinski definition) is 4. The SMILES string of the molecule is N#Cc1ccc(C(F)(F)F)c([N+](=O)[O-])c1C(=O)Cl. The fourth-order valence-corrected chi connectivity index (χ4v) is 1.49. The van der Waals surface area contributed by atoms with Gasteiger partial charge >= 0.3 is 6.18 Å². The smallest absolute Gasteiger partial charge is 0.275 e. The molecule has 0 heterocycles. The molecule has 0 bridgehead atoms. The van der Waals surface area contributed by atoms with Gasteiger partial charge in [-0.15, -0.1) is 0 Å². The maximum Gasteiger partial charge on any atom is 0.423 e. The maximum absolute atomic E-state index is 12.5. The minimum atomic E-state index is -5.03. The van der Waals surface area contributed by atoms with E-state index in [1.807, 2.05) is 0 Å². The van der Waals surface area contributed by atoms with Crippen molar-refractivity contribution in [1.29, 1.82) is 5.26 Å². The molecule has 0 unspecified atom stereocenters. The Hall–Kier alpha value is -2.14. The number of nitrogens with zero attached hydrogens (tertiary/aromatic N) is 2. The first-order chi connectivity index (χ1) is 8.20. The van der Waals surface area contributed by atoms with Crippen molar-refractivity contribution in [1.82, 2.24) is 0 Å². The number of nitriles is 1. The summed E-state index contributed by atoms with van der Waals surface area (Å²) in [5.41, 5.74) is -4.79. The van der Waals surface area contributed by atoms with E-state index in [4.69, 9.17) is 16.9 Å². The molecule has 0 N–H and O–H groups in total.